The lowest BCUT2D eigenvalue weighted by molar-refractivity contribution is -0.384. The van der Waals surface area contributed by atoms with E-state index in [2.05, 4.69) is 10.2 Å². The van der Waals surface area contributed by atoms with Gasteiger partial charge in [-0.05, 0) is 23.8 Å². The van der Waals surface area contributed by atoms with E-state index in [0.29, 0.717) is 5.02 Å². The van der Waals surface area contributed by atoms with Crippen LogP contribution in [-0.2, 0) is 0 Å². The van der Waals surface area contributed by atoms with Crippen LogP contribution in [0.2, 0.25) is 5.02 Å². The highest BCUT2D eigenvalue weighted by atomic mass is 35.5. The topological polar surface area (TPSA) is 67.9 Å². The van der Waals surface area contributed by atoms with E-state index < -0.39 is 4.92 Å². The Morgan fingerprint density at radius 2 is 1.65 bits per heavy atom. The summed E-state index contributed by atoms with van der Waals surface area (Å²) in [5.41, 5.74) is 1.55. The third-order valence-corrected chi connectivity index (χ3v) is 2.82. The van der Waals surface area contributed by atoms with Crippen molar-refractivity contribution in [3.8, 4) is 0 Å². The maximum absolute atomic E-state index is 10.5. The van der Waals surface area contributed by atoms with Gasteiger partial charge in [-0.25, -0.2) is 0 Å². The smallest absolute Gasteiger partial charge is 0.258 e. The summed E-state index contributed by atoms with van der Waals surface area (Å²) in [6, 6.07) is 13.3. The largest absolute Gasteiger partial charge is 0.269 e. The fourth-order valence-corrected chi connectivity index (χ4v) is 1.64. The average Bonchev–Trinajstić information content (AvgIpc) is 2.46. The van der Waals surface area contributed by atoms with Crippen molar-refractivity contribution in [1.29, 1.82) is 0 Å². The molecule has 100 valence electrons. The monoisotopic (exact) mass is 287 g/mol. The zero-order valence-electron chi connectivity index (χ0n) is 10.3. The summed E-state index contributed by atoms with van der Waals surface area (Å²) in [4.78, 5) is 10.0. The Bertz CT molecular complexity index is 666. The normalized spacial score (nSPS) is 11.2. The van der Waals surface area contributed by atoms with E-state index in [4.69, 9.17) is 11.6 Å². The Morgan fingerprint density at radius 3 is 2.30 bits per heavy atom. The van der Waals surface area contributed by atoms with Gasteiger partial charge in [0.2, 0.25) is 0 Å². The molecule has 2 rings (SSSR count). The summed E-state index contributed by atoms with van der Waals surface area (Å²) < 4.78 is 0. The lowest BCUT2D eigenvalue weighted by atomic mass is 10.2. The van der Waals surface area contributed by atoms with E-state index in [1.807, 2.05) is 18.2 Å². The maximum Gasteiger partial charge on any atom is 0.269 e. The molecule has 0 fully saturated rings. The Kier molecular flexibility index (Phi) is 4.57. The van der Waals surface area contributed by atoms with Crippen molar-refractivity contribution in [2.45, 2.75) is 0 Å². The van der Waals surface area contributed by atoms with E-state index in [1.165, 1.54) is 18.3 Å². The first-order valence-electron chi connectivity index (χ1n) is 5.72. The summed E-state index contributed by atoms with van der Waals surface area (Å²) in [5.74, 6) is 0. The minimum atomic E-state index is -0.448. The molecule has 0 radical (unpaired) electrons. The number of rotatable bonds is 4. The number of hydrogen-bond donors (Lipinski definition) is 0. The summed E-state index contributed by atoms with van der Waals surface area (Å²) in [7, 11) is 0. The number of halogens is 1. The van der Waals surface area contributed by atoms with Gasteiger partial charge in [-0.15, -0.1) is 0 Å². The number of nitrogens with zero attached hydrogens (tertiary/aromatic N) is 3. The minimum Gasteiger partial charge on any atom is -0.258 e. The lowest BCUT2D eigenvalue weighted by Gasteiger charge is -1.94. The highest BCUT2D eigenvalue weighted by Gasteiger charge is 2.02. The molecule has 0 unspecified atom stereocenters. The van der Waals surface area contributed by atoms with Gasteiger partial charge in [0.1, 0.15) is 0 Å². The molecule has 2 aromatic carbocycles. The number of hydrogen-bond acceptors (Lipinski definition) is 4. The molecule has 20 heavy (non-hydrogen) atoms. The van der Waals surface area contributed by atoms with Gasteiger partial charge in [0.25, 0.3) is 5.69 Å². The molecule has 0 bridgehead atoms. The predicted octanol–water partition coefficient (Wildman–Crippen LogP) is 3.70. The first kappa shape index (κ1) is 13.9. The molecule has 0 aliphatic heterocycles. The van der Waals surface area contributed by atoms with Crippen LogP contribution >= 0.6 is 11.6 Å². The minimum absolute atomic E-state index is 0.0433. The van der Waals surface area contributed by atoms with Gasteiger partial charge in [-0.3, -0.25) is 10.1 Å². The molecule has 2 aromatic rings. The molecule has 0 saturated heterocycles. The zero-order valence-corrected chi connectivity index (χ0v) is 11.1. The van der Waals surface area contributed by atoms with Crippen LogP contribution in [0.4, 0.5) is 5.69 Å². The van der Waals surface area contributed by atoms with E-state index in [-0.39, 0.29) is 5.69 Å². The van der Waals surface area contributed by atoms with Gasteiger partial charge in [0.15, 0.2) is 0 Å². The Balaban J connectivity index is 2.03. The van der Waals surface area contributed by atoms with Crippen LogP contribution in [0.5, 0.6) is 0 Å². The van der Waals surface area contributed by atoms with Gasteiger partial charge in [0, 0.05) is 22.7 Å². The second-order valence-corrected chi connectivity index (χ2v) is 4.27. The fourth-order valence-electron chi connectivity index (χ4n) is 1.46. The zero-order chi connectivity index (χ0) is 14.4. The van der Waals surface area contributed by atoms with Crippen molar-refractivity contribution in [1.82, 2.24) is 0 Å². The van der Waals surface area contributed by atoms with Crippen molar-refractivity contribution in [3.63, 3.8) is 0 Å². The molecule has 0 N–H and O–H groups in total. The van der Waals surface area contributed by atoms with E-state index in [9.17, 15) is 10.1 Å². The van der Waals surface area contributed by atoms with Crippen LogP contribution in [0.25, 0.3) is 0 Å². The molecule has 0 aromatic heterocycles. The van der Waals surface area contributed by atoms with Crippen LogP contribution in [-0.4, -0.2) is 17.4 Å². The molecular formula is C14H10ClN3O2. The Labute approximate surface area is 120 Å². The molecule has 0 aliphatic rings. The van der Waals surface area contributed by atoms with Crippen molar-refractivity contribution in [2.75, 3.05) is 0 Å². The molecule has 0 amide bonds. The number of nitro benzene ring substituents is 1. The Morgan fingerprint density at radius 1 is 1.00 bits per heavy atom. The van der Waals surface area contributed by atoms with Crippen molar-refractivity contribution < 1.29 is 4.92 Å². The molecule has 0 spiro atoms. The van der Waals surface area contributed by atoms with E-state index >= 15 is 0 Å². The first-order valence-corrected chi connectivity index (χ1v) is 6.10. The predicted molar refractivity (Wildman–Crippen MR) is 79.7 cm³/mol. The van der Waals surface area contributed by atoms with Crippen LogP contribution in [0.1, 0.15) is 11.1 Å². The molecule has 0 heterocycles. The molecule has 0 aliphatic carbocycles. The van der Waals surface area contributed by atoms with Gasteiger partial charge in [-0.2, -0.15) is 10.2 Å². The van der Waals surface area contributed by atoms with Crippen molar-refractivity contribution >= 4 is 29.7 Å². The van der Waals surface area contributed by atoms with Crippen LogP contribution < -0.4 is 0 Å². The van der Waals surface area contributed by atoms with Crippen LogP contribution in [0.15, 0.2) is 58.7 Å². The third kappa shape index (κ3) is 3.73. The molecule has 6 heteroatoms. The van der Waals surface area contributed by atoms with Gasteiger partial charge < -0.3 is 0 Å². The number of non-ortho nitro benzene ring substituents is 1. The van der Waals surface area contributed by atoms with Crippen molar-refractivity contribution in [2.24, 2.45) is 10.2 Å². The van der Waals surface area contributed by atoms with Gasteiger partial charge in [-0.1, -0.05) is 29.8 Å². The van der Waals surface area contributed by atoms with E-state index in [0.717, 1.165) is 11.1 Å². The Hall–Kier alpha value is -2.53. The number of nitro groups is 1. The fraction of sp³-hybridized carbons (Fsp3) is 0. The first-order chi connectivity index (χ1) is 9.66. The average molecular weight is 288 g/mol. The van der Waals surface area contributed by atoms with Crippen LogP contribution in [0, 0.1) is 10.1 Å². The SMILES string of the molecule is O=[N+]([O-])c1ccc(/C=N/N=C/c2ccccc2Cl)cc1. The molecule has 0 saturated carbocycles. The summed E-state index contributed by atoms with van der Waals surface area (Å²) >= 11 is 5.96. The second-order valence-electron chi connectivity index (χ2n) is 3.86. The third-order valence-electron chi connectivity index (χ3n) is 2.48. The highest BCUT2D eigenvalue weighted by Crippen LogP contribution is 2.12. The molecule has 5 nitrogen and oxygen atoms in total. The summed E-state index contributed by atoms with van der Waals surface area (Å²) in [5, 5.41) is 18.8. The molecule has 0 atom stereocenters. The van der Waals surface area contributed by atoms with E-state index in [1.54, 1.807) is 24.4 Å². The summed E-state index contributed by atoms with van der Waals surface area (Å²) in [6.07, 6.45) is 3.06. The van der Waals surface area contributed by atoms with Gasteiger partial charge in [0.05, 0.1) is 17.4 Å². The quantitative estimate of drug-likeness (QED) is 0.489. The number of benzene rings is 2. The maximum atomic E-state index is 10.5. The standard InChI is InChI=1S/C14H10ClN3O2/c15-14-4-2-1-3-12(14)10-17-16-9-11-5-7-13(8-6-11)18(19)20/h1-10H/b16-9+,17-10+. The van der Waals surface area contributed by atoms with Crippen LogP contribution in [0.3, 0.4) is 0 Å². The van der Waals surface area contributed by atoms with Gasteiger partial charge >= 0.3 is 0 Å². The highest BCUT2D eigenvalue weighted by molar-refractivity contribution is 6.33. The lowest BCUT2D eigenvalue weighted by Crippen LogP contribution is -1.88. The molecular weight excluding hydrogens is 278 g/mol. The summed E-state index contributed by atoms with van der Waals surface area (Å²) in [6.45, 7) is 0. The van der Waals surface area contributed by atoms with Crippen molar-refractivity contribution in [3.05, 3.63) is 74.8 Å². The second kappa shape index (κ2) is 6.58.